The van der Waals surface area contributed by atoms with Crippen LogP contribution in [0, 0.1) is 0 Å². The van der Waals surface area contributed by atoms with E-state index in [9.17, 15) is 4.79 Å². The third-order valence-electron chi connectivity index (χ3n) is 5.62. The zero-order valence-corrected chi connectivity index (χ0v) is 16.7. The van der Waals surface area contributed by atoms with Crippen molar-refractivity contribution in [2.75, 3.05) is 20.2 Å². The number of H-pyrrole nitrogens is 1. The number of methoxy groups -OCH3 is 1. The Hall–Kier alpha value is -3.61. The predicted octanol–water partition coefficient (Wildman–Crippen LogP) is 3.32. The number of aromatic amines is 1. The van der Waals surface area contributed by atoms with Gasteiger partial charge < -0.3 is 19.1 Å². The van der Waals surface area contributed by atoms with E-state index in [1.807, 2.05) is 59.6 Å². The molecule has 0 saturated carbocycles. The number of ether oxygens (including phenoxy) is 1. The third kappa shape index (κ3) is 3.43. The van der Waals surface area contributed by atoms with Crippen molar-refractivity contribution in [3.8, 4) is 5.75 Å². The van der Waals surface area contributed by atoms with Crippen molar-refractivity contribution in [3.63, 3.8) is 0 Å². The lowest BCUT2D eigenvalue weighted by atomic mass is 9.98. The molecule has 0 radical (unpaired) electrons. The van der Waals surface area contributed by atoms with E-state index in [-0.39, 0.29) is 11.8 Å². The maximum absolute atomic E-state index is 12.7. The largest absolute Gasteiger partial charge is 0.496 e. The lowest BCUT2D eigenvalue weighted by molar-refractivity contribution is -0.135. The number of hydrogen-bond donors (Lipinski definition) is 1. The van der Waals surface area contributed by atoms with Crippen LogP contribution in [-0.2, 0) is 17.6 Å². The molecule has 5 rings (SSSR count). The molecule has 3 heterocycles. The fourth-order valence-corrected chi connectivity index (χ4v) is 3.92. The Kier molecular flexibility index (Phi) is 4.71. The Labute approximate surface area is 173 Å². The standard InChI is InChI=1S/C23H22N4O3/c1-29-20-9-5-2-6-15(20)10-21-25-23(30-26-21)17-13-27(14-17)22(28)11-16-12-24-19-8-4-3-7-18(16)19/h2-9,12,17,24H,10-11,13-14H2,1H3. The van der Waals surface area contributed by atoms with Gasteiger partial charge in [-0.2, -0.15) is 4.98 Å². The predicted molar refractivity (Wildman–Crippen MR) is 111 cm³/mol. The van der Waals surface area contributed by atoms with Crippen molar-refractivity contribution in [1.82, 2.24) is 20.0 Å². The molecule has 1 saturated heterocycles. The van der Waals surface area contributed by atoms with E-state index in [4.69, 9.17) is 9.26 Å². The molecule has 0 bridgehead atoms. The van der Waals surface area contributed by atoms with E-state index in [2.05, 4.69) is 15.1 Å². The molecule has 4 aromatic rings. The van der Waals surface area contributed by atoms with Gasteiger partial charge >= 0.3 is 0 Å². The van der Waals surface area contributed by atoms with Crippen LogP contribution < -0.4 is 4.74 Å². The number of carbonyl (C=O) groups excluding carboxylic acids is 1. The van der Waals surface area contributed by atoms with Crippen molar-refractivity contribution in [2.45, 2.75) is 18.8 Å². The monoisotopic (exact) mass is 402 g/mol. The summed E-state index contributed by atoms with van der Waals surface area (Å²) in [5, 5.41) is 5.20. The molecule has 7 heteroatoms. The molecule has 30 heavy (non-hydrogen) atoms. The molecule has 0 atom stereocenters. The molecule has 1 N–H and O–H groups in total. The smallest absolute Gasteiger partial charge is 0.233 e. The van der Waals surface area contributed by atoms with Crippen LogP contribution in [0.5, 0.6) is 5.75 Å². The highest BCUT2D eigenvalue weighted by atomic mass is 16.5. The number of benzene rings is 2. The summed E-state index contributed by atoms with van der Waals surface area (Å²) in [6, 6.07) is 15.8. The minimum absolute atomic E-state index is 0.0934. The van der Waals surface area contributed by atoms with E-state index in [0.717, 1.165) is 27.8 Å². The zero-order chi connectivity index (χ0) is 20.5. The van der Waals surface area contributed by atoms with Crippen LogP contribution in [0.1, 0.15) is 28.8 Å². The van der Waals surface area contributed by atoms with E-state index in [1.165, 1.54) is 0 Å². The number of likely N-dealkylation sites (tertiary alicyclic amines) is 1. The summed E-state index contributed by atoms with van der Waals surface area (Å²) in [6.45, 7) is 1.22. The fraction of sp³-hybridized carbons (Fsp3) is 0.261. The summed E-state index contributed by atoms with van der Waals surface area (Å²) in [7, 11) is 1.65. The Morgan fingerprint density at radius 3 is 2.83 bits per heavy atom. The third-order valence-corrected chi connectivity index (χ3v) is 5.62. The molecule has 0 spiro atoms. The number of nitrogens with zero attached hydrogens (tertiary/aromatic N) is 3. The molecule has 2 aromatic carbocycles. The molecule has 1 fully saturated rings. The van der Waals surface area contributed by atoms with Crippen LogP contribution in [0.25, 0.3) is 10.9 Å². The highest BCUT2D eigenvalue weighted by Crippen LogP contribution is 2.28. The number of carbonyl (C=O) groups is 1. The van der Waals surface area contributed by atoms with Gasteiger partial charge in [-0.15, -0.1) is 0 Å². The lowest BCUT2D eigenvalue weighted by Crippen LogP contribution is -2.49. The van der Waals surface area contributed by atoms with Gasteiger partial charge in [0.15, 0.2) is 5.82 Å². The second kappa shape index (κ2) is 7.67. The van der Waals surface area contributed by atoms with E-state index in [1.54, 1.807) is 7.11 Å². The number of amides is 1. The Morgan fingerprint density at radius 1 is 1.17 bits per heavy atom. The average molecular weight is 402 g/mol. The molecule has 152 valence electrons. The molecule has 1 aliphatic heterocycles. The first-order valence-electron chi connectivity index (χ1n) is 9.98. The van der Waals surface area contributed by atoms with Gasteiger partial charge in [0.05, 0.1) is 19.4 Å². The Bertz CT molecular complexity index is 1190. The van der Waals surface area contributed by atoms with Gasteiger partial charge in [-0.05, 0) is 17.7 Å². The van der Waals surface area contributed by atoms with Crippen LogP contribution in [0.15, 0.2) is 59.3 Å². The van der Waals surface area contributed by atoms with Gasteiger partial charge in [-0.3, -0.25) is 4.79 Å². The van der Waals surface area contributed by atoms with Gasteiger partial charge in [-0.25, -0.2) is 0 Å². The molecule has 1 aliphatic rings. The van der Waals surface area contributed by atoms with E-state index >= 15 is 0 Å². The van der Waals surface area contributed by atoms with Crippen molar-refractivity contribution < 1.29 is 14.1 Å². The van der Waals surface area contributed by atoms with Crippen LogP contribution in [-0.4, -0.2) is 46.1 Å². The van der Waals surface area contributed by atoms with Gasteiger partial charge in [0.2, 0.25) is 11.8 Å². The minimum atomic E-state index is 0.0934. The molecule has 0 aliphatic carbocycles. The molecular formula is C23H22N4O3. The minimum Gasteiger partial charge on any atom is -0.496 e. The summed E-state index contributed by atoms with van der Waals surface area (Å²) >= 11 is 0. The summed E-state index contributed by atoms with van der Waals surface area (Å²) < 4.78 is 10.8. The van der Waals surface area contributed by atoms with Crippen molar-refractivity contribution in [2.24, 2.45) is 0 Å². The van der Waals surface area contributed by atoms with Crippen molar-refractivity contribution in [3.05, 3.63) is 77.6 Å². The number of nitrogens with one attached hydrogen (secondary N) is 1. The molecule has 0 unspecified atom stereocenters. The maximum Gasteiger partial charge on any atom is 0.233 e. The zero-order valence-electron chi connectivity index (χ0n) is 16.7. The Balaban J connectivity index is 1.19. The van der Waals surface area contributed by atoms with Crippen LogP contribution in [0.2, 0.25) is 0 Å². The first kappa shape index (κ1) is 18.4. The fourth-order valence-electron chi connectivity index (χ4n) is 3.92. The highest BCUT2D eigenvalue weighted by molar-refractivity contribution is 5.89. The number of aromatic nitrogens is 3. The first-order chi connectivity index (χ1) is 14.7. The van der Waals surface area contributed by atoms with Gasteiger partial charge in [0.25, 0.3) is 0 Å². The molecule has 2 aromatic heterocycles. The Morgan fingerprint density at radius 2 is 1.97 bits per heavy atom. The normalized spacial score (nSPS) is 14.1. The summed E-state index contributed by atoms with van der Waals surface area (Å²) in [4.78, 5) is 22.3. The maximum atomic E-state index is 12.7. The lowest BCUT2D eigenvalue weighted by Gasteiger charge is -2.37. The summed E-state index contributed by atoms with van der Waals surface area (Å²) in [5.74, 6) is 2.23. The van der Waals surface area contributed by atoms with Crippen LogP contribution in [0.4, 0.5) is 0 Å². The summed E-state index contributed by atoms with van der Waals surface area (Å²) in [6.07, 6.45) is 2.85. The van der Waals surface area contributed by atoms with Crippen molar-refractivity contribution in [1.29, 1.82) is 0 Å². The van der Waals surface area contributed by atoms with Crippen LogP contribution in [0.3, 0.4) is 0 Å². The molecular weight excluding hydrogens is 380 g/mol. The quantitative estimate of drug-likeness (QED) is 0.535. The van der Waals surface area contributed by atoms with E-state index < -0.39 is 0 Å². The topological polar surface area (TPSA) is 84.3 Å². The first-order valence-corrected chi connectivity index (χ1v) is 9.98. The molecule has 7 nitrogen and oxygen atoms in total. The van der Waals surface area contributed by atoms with Crippen molar-refractivity contribution >= 4 is 16.8 Å². The molecule has 1 amide bonds. The number of hydrogen-bond acceptors (Lipinski definition) is 5. The number of rotatable bonds is 6. The van der Waals surface area contributed by atoms with E-state index in [0.29, 0.717) is 37.6 Å². The number of fused-ring (bicyclic) bond motifs is 1. The highest BCUT2D eigenvalue weighted by Gasteiger charge is 2.35. The van der Waals surface area contributed by atoms with Gasteiger partial charge in [-0.1, -0.05) is 41.6 Å². The average Bonchev–Trinajstić information content (AvgIpc) is 3.35. The SMILES string of the molecule is COc1ccccc1Cc1noc(C2CN(C(=O)Cc3c[nH]c4ccccc34)C2)n1. The van der Waals surface area contributed by atoms with Gasteiger partial charge in [0.1, 0.15) is 5.75 Å². The number of para-hydroxylation sites is 2. The van der Waals surface area contributed by atoms with Gasteiger partial charge in [0, 0.05) is 42.2 Å². The second-order valence-electron chi connectivity index (χ2n) is 7.57. The second-order valence-corrected chi connectivity index (χ2v) is 7.57. The van der Waals surface area contributed by atoms with Crippen LogP contribution >= 0.6 is 0 Å². The summed E-state index contributed by atoms with van der Waals surface area (Å²) in [5.41, 5.74) is 3.09.